The number of nitrogens with zero attached hydrogens (tertiary/aromatic N) is 1. The fraction of sp³-hybridized carbons (Fsp3) is 0.467. The zero-order valence-corrected chi connectivity index (χ0v) is 13.1. The van der Waals surface area contributed by atoms with Gasteiger partial charge in [-0.1, -0.05) is 12.1 Å². The molecule has 0 saturated carbocycles. The van der Waals surface area contributed by atoms with E-state index >= 15 is 0 Å². The van der Waals surface area contributed by atoms with E-state index in [1.165, 1.54) is 7.11 Å². The molecule has 1 aliphatic rings. The lowest BCUT2D eigenvalue weighted by molar-refractivity contribution is -0.146. The Balaban J connectivity index is 1.97. The third-order valence-corrected chi connectivity index (χ3v) is 4.36. The molecule has 1 amide bonds. The van der Waals surface area contributed by atoms with E-state index in [1.807, 2.05) is 35.4 Å². The number of para-hydroxylation sites is 1. The Kier molecular flexibility index (Phi) is 5.64. The lowest BCUT2D eigenvalue weighted by atomic mass is 10.2. The van der Waals surface area contributed by atoms with Crippen LogP contribution in [-0.4, -0.2) is 49.3 Å². The van der Waals surface area contributed by atoms with Gasteiger partial charge in [0.2, 0.25) is 5.91 Å². The number of nitrogens with one attached hydrogen (secondary N) is 1. The molecule has 1 unspecified atom stereocenters. The highest BCUT2D eigenvalue weighted by molar-refractivity contribution is 7.98. The first-order chi connectivity index (χ1) is 10.2. The van der Waals surface area contributed by atoms with E-state index in [1.54, 1.807) is 11.8 Å². The van der Waals surface area contributed by atoms with E-state index in [2.05, 4.69) is 5.32 Å². The van der Waals surface area contributed by atoms with E-state index in [0.29, 0.717) is 0 Å². The number of rotatable bonds is 5. The van der Waals surface area contributed by atoms with Crippen molar-refractivity contribution in [2.24, 2.45) is 0 Å². The predicted molar refractivity (Wildman–Crippen MR) is 83.5 cm³/mol. The lowest BCUT2D eigenvalue weighted by Crippen LogP contribution is -2.41. The quantitative estimate of drug-likeness (QED) is 0.666. The van der Waals surface area contributed by atoms with Gasteiger partial charge in [0, 0.05) is 4.90 Å². The van der Waals surface area contributed by atoms with Crippen molar-refractivity contribution in [2.75, 3.05) is 31.8 Å². The molecule has 1 saturated heterocycles. The highest BCUT2D eigenvalue weighted by Crippen LogP contribution is 2.25. The Morgan fingerprint density at radius 3 is 2.90 bits per heavy atom. The van der Waals surface area contributed by atoms with Gasteiger partial charge in [-0.15, -0.1) is 11.8 Å². The largest absolute Gasteiger partial charge is 0.468 e. The minimum atomic E-state index is -0.295. The molecule has 21 heavy (non-hydrogen) atoms. The number of hydrogen-bond donors (Lipinski definition) is 1. The summed E-state index contributed by atoms with van der Waals surface area (Å²) in [5, 5.41) is 2.91. The maximum Gasteiger partial charge on any atom is 0.323 e. The van der Waals surface area contributed by atoms with Crippen molar-refractivity contribution < 1.29 is 14.3 Å². The van der Waals surface area contributed by atoms with Crippen molar-refractivity contribution in [2.45, 2.75) is 23.8 Å². The molecule has 2 rings (SSSR count). The van der Waals surface area contributed by atoms with Crippen molar-refractivity contribution in [3.8, 4) is 0 Å². The first-order valence-corrected chi connectivity index (χ1v) is 8.13. The standard InChI is InChI=1S/C15H20N2O3S/c1-20-15(19)12-7-5-9-17(12)10-14(18)16-11-6-3-4-8-13(11)21-2/h3-4,6,8,12H,5,7,9-10H2,1-2H3,(H,16,18). The molecular weight excluding hydrogens is 288 g/mol. The van der Waals surface area contributed by atoms with Gasteiger partial charge in [0.1, 0.15) is 6.04 Å². The molecule has 1 N–H and O–H groups in total. The zero-order chi connectivity index (χ0) is 15.2. The van der Waals surface area contributed by atoms with Gasteiger partial charge in [-0.25, -0.2) is 0 Å². The summed E-state index contributed by atoms with van der Waals surface area (Å²) in [5.41, 5.74) is 0.809. The molecule has 0 aromatic heterocycles. The summed E-state index contributed by atoms with van der Waals surface area (Å²) in [6.07, 6.45) is 3.63. The van der Waals surface area contributed by atoms with Crippen LogP contribution < -0.4 is 5.32 Å². The highest BCUT2D eigenvalue weighted by Gasteiger charge is 2.32. The molecule has 6 heteroatoms. The Bertz CT molecular complexity index is 521. The molecule has 0 aliphatic carbocycles. The van der Waals surface area contributed by atoms with Gasteiger partial charge in [0.05, 0.1) is 19.3 Å². The van der Waals surface area contributed by atoms with E-state index < -0.39 is 0 Å². The van der Waals surface area contributed by atoms with Gasteiger partial charge in [-0.3, -0.25) is 14.5 Å². The average molecular weight is 308 g/mol. The van der Waals surface area contributed by atoms with Crippen molar-refractivity contribution in [3.63, 3.8) is 0 Å². The fourth-order valence-corrected chi connectivity index (χ4v) is 3.09. The number of esters is 1. The molecule has 1 aromatic carbocycles. The second-order valence-corrected chi connectivity index (χ2v) is 5.75. The molecule has 0 spiro atoms. The molecule has 1 aromatic rings. The summed E-state index contributed by atoms with van der Waals surface area (Å²) in [5.74, 6) is -0.364. The third-order valence-electron chi connectivity index (χ3n) is 3.56. The summed E-state index contributed by atoms with van der Waals surface area (Å²) < 4.78 is 4.79. The van der Waals surface area contributed by atoms with Crippen LogP contribution in [0.2, 0.25) is 0 Å². The summed E-state index contributed by atoms with van der Waals surface area (Å²) in [6.45, 7) is 0.958. The molecule has 0 radical (unpaired) electrons. The number of benzene rings is 1. The SMILES string of the molecule is COC(=O)C1CCCN1CC(=O)Nc1ccccc1SC. The normalized spacial score (nSPS) is 18.5. The molecule has 1 atom stereocenters. The first kappa shape index (κ1) is 15.9. The number of hydrogen-bond acceptors (Lipinski definition) is 5. The van der Waals surface area contributed by atoms with Crippen LogP contribution in [-0.2, 0) is 14.3 Å². The van der Waals surface area contributed by atoms with Crippen LogP contribution in [0.1, 0.15) is 12.8 Å². The topological polar surface area (TPSA) is 58.6 Å². The smallest absolute Gasteiger partial charge is 0.323 e. The van der Waals surface area contributed by atoms with Gasteiger partial charge in [0.25, 0.3) is 0 Å². The molecule has 114 valence electrons. The van der Waals surface area contributed by atoms with Gasteiger partial charge in [0.15, 0.2) is 0 Å². The monoisotopic (exact) mass is 308 g/mol. The van der Waals surface area contributed by atoms with E-state index in [0.717, 1.165) is 30.0 Å². The van der Waals surface area contributed by atoms with Crippen LogP contribution in [0.3, 0.4) is 0 Å². The maximum atomic E-state index is 12.2. The highest BCUT2D eigenvalue weighted by atomic mass is 32.2. The number of ether oxygens (including phenoxy) is 1. The van der Waals surface area contributed by atoms with E-state index in [-0.39, 0.29) is 24.5 Å². The summed E-state index contributed by atoms with van der Waals surface area (Å²) in [4.78, 5) is 26.7. The minimum Gasteiger partial charge on any atom is -0.468 e. The Labute approximate surface area is 129 Å². The van der Waals surface area contributed by atoms with Crippen molar-refractivity contribution >= 4 is 29.3 Å². The molecule has 1 aliphatic heterocycles. The third kappa shape index (κ3) is 3.98. The van der Waals surface area contributed by atoms with Gasteiger partial charge >= 0.3 is 5.97 Å². The molecule has 5 nitrogen and oxygen atoms in total. The number of carbonyl (C=O) groups excluding carboxylic acids is 2. The average Bonchev–Trinajstić information content (AvgIpc) is 2.95. The second-order valence-electron chi connectivity index (χ2n) is 4.90. The van der Waals surface area contributed by atoms with Crippen LogP contribution in [0.25, 0.3) is 0 Å². The summed E-state index contributed by atoms with van der Waals surface area (Å²) in [7, 11) is 1.38. The Hall–Kier alpha value is -1.53. The van der Waals surface area contributed by atoms with Crippen molar-refractivity contribution in [1.29, 1.82) is 0 Å². The predicted octanol–water partition coefficient (Wildman–Crippen LogP) is 1.98. The second kappa shape index (κ2) is 7.47. The molecule has 1 fully saturated rings. The zero-order valence-electron chi connectivity index (χ0n) is 12.3. The fourth-order valence-electron chi connectivity index (χ4n) is 2.54. The van der Waals surface area contributed by atoms with Crippen LogP contribution in [0, 0.1) is 0 Å². The Morgan fingerprint density at radius 2 is 2.19 bits per heavy atom. The number of thioether (sulfide) groups is 1. The van der Waals surface area contributed by atoms with Crippen LogP contribution >= 0.6 is 11.8 Å². The van der Waals surface area contributed by atoms with Gasteiger partial charge in [-0.05, 0) is 37.8 Å². The molecule has 0 bridgehead atoms. The van der Waals surface area contributed by atoms with E-state index in [9.17, 15) is 9.59 Å². The number of anilines is 1. The van der Waals surface area contributed by atoms with E-state index in [4.69, 9.17) is 4.74 Å². The van der Waals surface area contributed by atoms with Crippen LogP contribution in [0.5, 0.6) is 0 Å². The molecular formula is C15H20N2O3S. The van der Waals surface area contributed by atoms with Crippen LogP contribution in [0.4, 0.5) is 5.69 Å². The van der Waals surface area contributed by atoms with Crippen molar-refractivity contribution in [3.05, 3.63) is 24.3 Å². The van der Waals surface area contributed by atoms with Crippen LogP contribution in [0.15, 0.2) is 29.2 Å². The summed E-state index contributed by atoms with van der Waals surface area (Å²) in [6, 6.07) is 7.38. The number of methoxy groups -OCH3 is 1. The van der Waals surface area contributed by atoms with Crippen molar-refractivity contribution in [1.82, 2.24) is 4.90 Å². The summed E-state index contributed by atoms with van der Waals surface area (Å²) >= 11 is 1.59. The van der Waals surface area contributed by atoms with Gasteiger partial charge in [-0.2, -0.15) is 0 Å². The lowest BCUT2D eigenvalue weighted by Gasteiger charge is -2.21. The number of carbonyl (C=O) groups is 2. The van der Waals surface area contributed by atoms with Gasteiger partial charge < -0.3 is 10.1 Å². The Morgan fingerprint density at radius 1 is 1.43 bits per heavy atom. The maximum absolute atomic E-state index is 12.2. The number of likely N-dealkylation sites (tertiary alicyclic amines) is 1. The molecule has 1 heterocycles. The number of amides is 1. The first-order valence-electron chi connectivity index (χ1n) is 6.90. The minimum absolute atomic E-state index is 0.104.